The fraction of sp³-hybridized carbons (Fsp3) is 0.667. The van der Waals surface area contributed by atoms with Crippen molar-refractivity contribution in [3.8, 4) is 0 Å². The van der Waals surface area contributed by atoms with Crippen LogP contribution < -0.4 is 5.32 Å². The Morgan fingerprint density at radius 2 is 2.19 bits per heavy atom. The maximum absolute atomic E-state index is 12.5. The van der Waals surface area contributed by atoms with E-state index in [-0.39, 0.29) is 17.9 Å². The summed E-state index contributed by atoms with van der Waals surface area (Å²) >= 11 is 0. The third-order valence-corrected chi connectivity index (χ3v) is 3.69. The van der Waals surface area contributed by atoms with Crippen LogP contribution in [0.25, 0.3) is 0 Å². The lowest BCUT2D eigenvalue weighted by atomic mass is 10.0. The Bertz CT molecular complexity index is 510. The molecule has 0 saturated carbocycles. The van der Waals surface area contributed by atoms with Crippen molar-refractivity contribution >= 4 is 11.8 Å². The van der Waals surface area contributed by atoms with E-state index in [1.807, 2.05) is 19.4 Å². The summed E-state index contributed by atoms with van der Waals surface area (Å²) in [5.74, 6) is 0.383. The lowest BCUT2D eigenvalue weighted by molar-refractivity contribution is -0.133. The molecule has 1 aromatic rings. The van der Waals surface area contributed by atoms with Gasteiger partial charge in [-0.1, -0.05) is 13.8 Å². The highest BCUT2D eigenvalue weighted by atomic mass is 16.2. The molecule has 2 heterocycles. The molecule has 1 aliphatic rings. The minimum absolute atomic E-state index is 0.0297. The average Bonchev–Trinajstić information content (AvgIpc) is 2.77. The van der Waals surface area contributed by atoms with Crippen LogP contribution in [0.3, 0.4) is 0 Å². The quantitative estimate of drug-likeness (QED) is 0.870. The van der Waals surface area contributed by atoms with Gasteiger partial charge >= 0.3 is 0 Å². The summed E-state index contributed by atoms with van der Waals surface area (Å²) < 4.78 is 1.76. The molecule has 2 rings (SSSR count). The topological polar surface area (TPSA) is 67.2 Å². The summed E-state index contributed by atoms with van der Waals surface area (Å²) in [6, 6.07) is -0.381. The zero-order valence-corrected chi connectivity index (χ0v) is 13.0. The van der Waals surface area contributed by atoms with Crippen molar-refractivity contribution in [3.05, 3.63) is 18.0 Å². The monoisotopic (exact) mass is 292 g/mol. The molecule has 0 bridgehead atoms. The van der Waals surface area contributed by atoms with Crippen molar-refractivity contribution in [1.29, 1.82) is 0 Å². The first-order chi connectivity index (χ1) is 9.95. The van der Waals surface area contributed by atoms with Gasteiger partial charge in [0, 0.05) is 32.8 Å². The third-order valence-electron chi connectivity index (χ3n) is 3.69. The number of rotatable bonds is 5. The molecule has 1 atom stereocenters. The Hall–Kier alpha value is -1.85. The summed E-state index contributed by atoms with van der Waals surface area (Å²) in [5, 5.41) is 6.98. The molecule has 1 unspecified atom stereocenters. The molecule has 1 N–H and O–H groups in total. The van der Waals surface area contributed by atoms with Crippen LogP contribution in [-0.2, 0) is 23.1 Å². The maximum atomic E-state index is 12.5. The molecular weight excluding hydrogens is 268 g/mol. The van der Waals surface area contributed by atoms with E-state index in [0.717, 1.165) is 12.0 Å². The number of aromatic nitrogens is 2. The second kappa shape index (κ2) is 6.74. The number of nitrogens with zero attached hydrogens (tertiary/aromatic N) is 3. The first-order valence-electron chi connectivity index (χ1n) is 7.51. The van der Waals surface area contributed by atoms with Crippen molar-refractivity contribution in [1.82, 2.24) is 20.0 Å². The Balaban J connectivity index is 1.99. The molecule has 116 valence electrons. The smallest absolute Gasteiger partial charge is 0.245 e. The largest absolute Gasteiger partial charge is 0.344 e. The fourth-order valence-electron chi connectivity index (χ4n) is 2.61. The summed E-state index contributed by atoms with van der Waals surface area (Å²) in [6.07, 6.45) is 5.61. The van der Waals surface area contributed by atoms with Crippen LogP contribution in [-0.4, -0.2) is 45.6 Å². The van der Waals surface area contributed by atoms with Crippen LogP contribution in [0.15, 0.2) is 12.4 Å². The standard InChI is InChI=1S/C15H24N4O2/c1-11(2)8-13-15(21)19(7-5-14(20)17-13)6-4-12-9-16-18(3)10-12/h9-11,13H,4-8H2,1-3H3,(H,17,20). The van der Waals surface area contributed by atoms with Gasteiger partial charge in [-0.2, -0.15) is 5.10 Å². The molecule has 0 aromatic carbocycles. The van der Waals surface area contributed by atoms with Gasteiger partial charge in [0.1, 0.15) is 6.04 Å². The van der Waals surface area contributed by atoms with Crippen molar-refractivity contribution in [2.45, 2.75) is 39.2 Å². The predicted octanol–water partition coefficient (Wildman–Crippen LogP) is 0.726. The Morgan fingerprint density at radius 1 is 1.43 bits per heavy atom. The zero-order valence-electron chi connectivity index (χ0n) is 13.0. The first-order valence-corrected chi connectivity index (χ1v) is 7.51. The van der Waals surface area contributed by atoms with Crippen molar-refractivity contribution < 1.29 is 9.59 Å². The third kappa shape index (κ3) is 4.31. The SMILES string of the molecule is CC(C)CC1NC(=O)CCN(CCc2cnn(C)c2)C1=O. The number of nitrogens with one attached hydrogen (secondary N) is 1. The summed E-state index contributed by atoms with van der Waals surface area (Å²) in [6.45, 7) is 5.25. The van der Waals surface area contributed by atoms with Crippen molar-refractivity contribution in [3.63, 3.8) is 0 Å². The van der Waals surface area contributed by atoms with Gasteiger partial charge in [-0.15, -0.1) is 0 Å². The molecular formula is C15H24N4O2. The van der Waals surface area contributed by atoms with E-state index in [1.165, 1.54) is 0 Å². The average molecular weight is 292 g/mol. The second-order valence-electron chi connectivity index (χ2n) is 6.10. The van der Waals surface area contributed by atoms with Crippen LogP contribution in [0.4, 0.5) is 0 Å². The Kier molecular flexibility index (Phi) is 4.98. The zero-order chi connectivity index (χ0) is 15.4. The molecule has 0 aliphatic carbocycles. The van der Waals surface area contributed by atoms with E-state index < -0.39 is 0 Å². The predicted molar refractivity (Wildman–Crippen MR) is 79.5 cm³/mol. The number of amides is 2. The summed E-state index contributed by atoms with van der Waals surface area (Å²) in [5.41, 5.74) is 1.11. The lowest BCUT2D eigenvalue weighted by Crippen LogP contribution is -2.45. The van der Waals surface area contributed by atoms with Crippen molar-refractivity contribution in [2.75, 3.05) is 13.1 Å². The van der Waals surface area contributed by atoms with Crippen LogP contribution in [0, 0.1) is 5.92 Å². The van der Waals surface area contributed by atoms with E-state index in [4.69, 9.17) is 0 Å². The van der Waals surface area contributed by atoms with E-state index in [2.05, 4.69) is 24.3 Å². The van der Waals surface area contributed by atoms with E-state index in [1.54, 1.807) is 9.58 Å². The number of carbonyl (C=O) groups is 2. The minimum atomic E-state index is -0.381. The van der Waals surface area contributed by atoms with Gasteiger partial charge in [-0.05, 0) is 24.3 Å². The number of hydrogen-bond donors (Lipinski definition) is 1. The Morgan fingerprint density at radius 3 is 2.81 bits per heavy atom. The maximum Gasteiger partial charge on any atom is 0.245 e. The lowest BCUT2D eigenvalue weighted by Gasteiger charge is -2.24. The van der Waals surface area contributed by atoms with Gasteiger partial charge in [-0.25, -0.2) is 0 Å². The highest BCUT2D eigenvalue weighted by molar-refractivity contribution is 5.89. The number of carbonyl (C=O) groups excluding carboxylic acids is 2. The van der Waals surface area contributed by atoms with Gasteiger partial charge in [0.2, 0.25) is 11.8 Å². The molecule has 0 radical (unpaired) electrons. The molecule has 1 saturated heterocycles. The summed E-state index contributed by atoms with van der Waals surface area (Å²) in [4.78, 5) is 26.1. The fourth-order valence-corrected chi connectivity index (χ4v) is 2.61. The van der Waals surface area contributed by atoms with Crippen LogP contribution in [0.5, 0.6) is 0 Å². The molecule has 0 spiro atoms. The van der Waals surface area contributed by atoms with Gasteiger partial charge < -0.3 is 10.2 Å². The highest BCUT2D eigenvalue weighted by Crippen LogP contribution is 2.12. The van der Waals surface area contributed by atoms with Crippen molar-refractivity contribution in [2.24, 2.45) is 13.0 Å². The van der Waals surface area contributed by atoms with E-state index in [9.17, 15) is 9.59 Å². The Labute approximate surface area is 125 Å². The minimum Gasteiger partial charge on any atom is -0.344 e. The van der Waals surface area contributed by atoms with Gasteiger partial charge in [0.25, 0.3) is 0 Å². The second-order valence-corrected chi connectivity index (χ2v) is 6.10. The molecule has 6 heteroatoms. The van der Waals surface area contributed by atoms with Crippen LogP contribution in [0.1, 0.15) is 32.3 Å². The summed E-state index contributed by atoms with van der Waals surface area (Å²) in [7, 11) is 1.88. The molecule has 1 aromatic heterocycles. The molecule has 1 aliphatic heterocycles. The molecule has 2 amide bonds. The van der Waals surface area contributed by atoms with E-state index in [0.29, 0.717) is 31.8 Å². The molecule has 1 fully saturated rings. The van der Waals surface area contributed by atoms with Crippen LogP contribution in [0.2, 0.25) is 0 Å². The molecule has 6 nitrogen and oxygen atoms in total. The van der Waals surface area contributed by atoms with Gasteiger partial charge in [0.05, 0.1) is 6.20 Å². The van der Waals surface area contributed by atoms with Gasteiger partial charge in [0.15, 0.2) is 0 Å². The first kappa shape index (κ1) is 15.5. The highest BCUT2D eigenvalue weighted by Gasteiger charge is 2.29. The normalized spacial score (nSPS) is 19.8. The van der Waals surface area contributed by atoms with Gasteiger partial charge in [-0.3, -0.25) is 14.3 Å². The number of aryl methyl sites for hydroxylation is 1. The number of hydrogen-bond acceptors (Lipinski definition) is 3. The van der Waals surface area contributed by atoms with Crippen LogP contribution >= 0.6 is 0 Å². The molecule has 21 heavy (non-hydrogen) atoms. The van der Waals surface area contributed by atoms with E-state index >= 15 is 0 Å².